The molecule has 268 valence electrons. The molecule has 0 aliphatic rings. The average molecular weight is 735 g/mol. The quantitative estimate of drug-likeness (QED) is 0.163. The molecule has 2 heterocycles. The van der Waals surface area contributed by atoms with E-state index in [1.165, 1.54) is 0 Å². The van der Waals surface area contributed by atoms with Crippen LogP contribution in [0.3, 0.4) is 0 Å². The van der Waals surface area contributed by atoms with Gasteiger partial charge in [0.05, 0.1) is 5.48 Å². The lowest BCUT2D eigenvalue weighted by molar-refractivity contribution is 0.620. The number of benzene rings is 9. The van der Waals surface area contributed by atoms with E-state index >= 15 is 0 Å². The number of aromatic nitrogens is 1. The van der Waals surface area contributed by atoms with Crippen LogP contribution in [0, 0.1) is 0 Å². The number of nitrogens with zero attached hydrogens (tertiary/aromatic N) is 2. The second-order valence-corrected chi connectivity index (χ2v) is 14.0. The van der Waals surface area contributed by atoms with E-state index < -0.39 is 0 Å². The van der Waals surface area contributed by atoms with Crippen LogP contribution in [0.2, 0.25) is 0 Å². The maximum Gasteiger partial charge on any atom is 0.227 e. The van der Waals surface area contributed by atoms with Crippen molar-refractivity contribution in [2.24, 2.45) is 0 Å². The van der Waals surface area contributed by atoms with Crippen LogP contribution in [-0.4, -0.2) is 4.98 Å². The summed E-state index contributed by atoms with van der Waals surface area (Å²) in [6.07, 6.45) is 0. The number of para-hydroxylation sites is 3. The van der Waals surface area contributed by atoms with Crippen molar-refractivity contribution < 1.29 is 14.3 Å². The second-order valence-electron chi connectivity index (χ2n) is 14.0. The fourth-order valence-corrected chi connectivity index (χ4v) is 7.80. The fraction of sp³-hybridized carbons (Fsp3) is 0. The summed E-state index contributed by atoms with van der Waals surface area (Å²) in [4.78, 5) is 6.46. The van der Waals surface area contributed by atoms with Gasteiger partial charge < -0.3 is 13.7 Å². The Morgan fingerprint density at radius 3 is 1.81 bits per heavy atom. The summed E-state index contributed by atoms with van der Waals surface area (Å²) >= 11 is 0. The molecule has 0 saturated heterocycles. The molecule has 4 heteroatoms. The van der Waals surface area contributed by atoms with Gasteiger partial charge in [-0.15, -0.1) is 0 Å². The van der Waals surface area contributed by atoms with Crippen LogP contribution in [0.5, 0.6) is 0 Å². The van der Waals surface area contributed by atoms with E-state index in [1.807, 2.05) is 175 Å². The highest BCUT2D eigenvalue weighted by Gasteiger charge is 2.19. The smallest absolute Gasteiger partial charge is 0.227 e. The largest absolute Gasteiger partial charge is 0.456 e. The summed E-state index contributed by atoms with van der Waals surface area (Å²) < 4.78 is 51.2. The van der Waals surface area contributed by atoms with E-state index in [0.717, 1.165) is 60.5 Å². The van der Waals surface area contributed by atoms with Crippen molar-refractivity contribution in [1.82, 2.24) is 4.98 Å². The third-order valence-corrected chi connectivity index (χ3v) is 10.6. The maximum absolute atomic E-state index is 9.69. The van der Waals surface area contributed by atoms with Gasteiger partial charge in [-0.3, -0.25) is 0 Å². The number of hydrogen-bond donors (Lipinski definition) is 0. The molecule has 2 aromatic heterocycles. The molecule has 0 atom stereocenters. The molecule has 57 heavy (non-hydrogen) atoms. The first-order valence-electron chi connectivity index (χ1n) is 20.9. The molecule has 11 aromatic rings. The molecule has 0 amide bonds. The molecule has 9 aromatic carbocycles. The number of rotatable bonds is 7. The van der Waals surface area contributed by atoms with Gasteiger partial charge in [0.2, 0.25) is 5.89 Å². The summed E-state index contributed by atoms with van der Waals surface area (Å²) in [5.41, 5.74) is 10.1. The Morgan fingerprint density at radius 1 is 0.404 bits per heavy atom. The highest BCUT2D eigenvalue weighted by atomic mass is 16.3. The standard InChI is InChI=1S/C53H34N2O2/c1-3-11-35(12-4-1)36-23-28-43(29-24-36)55(42-14-5-2-6-15-42)44-30-25-38(26-31-44)51-45-16-8-7-13-41(45)34-50-52(51)46-32-27-40(33-49(46)56-50)37-19-21-39(22-20-37)53-54-47-17-9-10-18-48(47)57-53/h1-34H/i25D,26D,30D,31D. The van der Waals surface area contributed by atoms with Crippen molar-refractivity contribution in [3.8, 4) is 44.8 Å². The molecule has 0 radical (unpaired) electrons. The lowest BCUT2D eigenvalue weighted by Gasteiger charge is -2.26. The summed E-state index contributed by atoms with van der Waals surface area (Å²) in [5.74, 6) is 0.563. The molecule has 0 aliphatic heterocycles. The number of fused-ring (bicyclic) bond motifs is 5. The summed E-state index contributed by atoms with van der Waals surface area (Å²) in [6.45, 7) is 0. The summed E-state index contributed by atoms with van der Waals surface area (Å²) in [7, 11) is 0. The van der Waals surface area contributed by atoms with Gasteiger partial charge in [-0.05, 0) is 117 Å². The van der Waals surface area contributed by atoms with Gasteiger partial charge in [0.1, 0.15) is 16.7 Å². The number of anilines is 3. The normalized spacial score (nSPS) is 12.5. The number of hydrogen-bond acceptors (Lipinski definition) is 4. The molecule has 0 bridgehead atoms. The van der Waals surface area contributed by atoms with E-state index in [2.05, 4.69) is 17.1 Å². The fourth-order valence-electron chi connectivity index (χ4n) is 7.80. The highest BCUT2D eigenvalue weighted by Crippen LogP contribution is 2.44. The van der Waals surface area contributed by atoms with Crippen LogP contribution in [-0.2, 0) is 0 Å². The molecule has 11 rings (SSSR count). The van der Waals surface area contributed by atoms with Crippen LogP contribution >= 0.6 is 0 Å². The Hall–Kier alpha value is -7.69. The molecule has 0 spiro atoms. The predicted octanol–water partition coefficient (Wildman–Crippen LogP) is 15.0. The third kappa shape index (κ3) is 5.83. The van der Waals surface area contributed by atoms with Crippen molar-refractivity contribution in [1.29, 1.82) is 0 Å². The lowest BCUT2D eigenvalue weighted by atomic mass is 9.92. The highest BCUT2D eigenvalue weighted by molar-refractivity contribution is 6.21. The van der Waals surface area contributed by atoms with Crippen LogP contribution in [0.1, 0.15) is 5.48 Å². The minimum atomic E-state index is -0.149. The molecule has 4 nitrogen and oxygen atoms in total. The molecule has 0 N–H and O–H groups in total. The number of furan rings is 1. The predicted molar refractivity (Wildman–Crippen MR) is 235 cm³/mol. The van der Waals surface area contributed by atoms with Crippen molar-refractivity contribution in [2.45, 2.75) is 0 Å². The van der Waals surface area contributed by atoms with Gasteiger partial charge in [0, 0.05) is 39.0 Å². The van der Waals surface area contributed by atoms with Crippen molar-refractivity contribution in [3.05, 3.63) is 206 Å². The van der Waals surface area contributed by atoms with Crippen LogP contribution < -0.4 is 4.90 Å². The number of oxazole rings is 1. The first kappa shape index (κ1) is 28.7. The van der Waals surface area contributed by atoms with Crippen molar-refractivity contribution >= 4 is 60.9 Å². The van der Waals surface area contributed by atoms with Crippen LogP contribution in [0.4, 0.5) is 17.1 Å². The monoisotopic (exact) mass is 734 g/mol. The second kappa shape index (κ2) is 13.6. The zero-order valence-electron chi connectivity index (χ0n) is 34.5. The van der Waals surface area contributed by atoms with E-state index in [4.69, 9.17) is 8.83 Å². The van der Waals surface area contributed by atoms with Crippen molar-refractivity contribution in [3.63, 3.8) is 0 Å². The Bertz CT molecular complexity index is 3390. The van der Waals surface area contributed by atoms with Crippen LogP contribution in [0.25, 0.3) is 88.6 Å². The van der Waals surface area contributed by atoms with Gasteiger partial charge >= 0.3 is 0 Å². The first-order valence-corrected chi connectivity index (χ1v) is 18.9. The minimum Gasteiger partial charge on any atom is -0.456 e. The van der Waals surface area contributed by atoms with Crippen molar-refractivity contribution in [2.75, 3.05) is 4.90 Å². The topological polar surface area (TPSA) is 42.4 Å². The summed E-state index contributed by atoms with van der Waals surface area (Å²) in [6, 6.07) is 58.7. The lowest BCUT2D eigenvalue weighted by Crippen LogP contribution is -2.09. The molecular formula is C53H34N2O2. The van der Waals surface area contributed by atoms with Gasteiger partial charge in [-0.25, -0.2) is 4.98 Å². The van der Waals surface area contributed by atoms with E-state index in [9.17, 15) is 5.48 Å². The van der Waals surface area contributed by atoms with Crippen LogP contribution in [0.15, 0.2) is 215 Å². The molecule has 0 saturated carbocycles. The molecule has 0 fully saturated rings. The molecule has 0 aliphatic carbocycles. The maximum atomic E-state index is 9.69. The zero-order valence-corrected chi connectivity index (χ0v) is 30.5. The van der Waals surface area contributed by atoms with Gasteiger partial charge in [0.25, 0.3) is 0 Å². The molecule has 0 unspecified atom stereocenters. The van der Waals surface area contributed by atoms with Gasteiger partial charge in [-0.2, -0.15) is 0 Å². The molecular weight excluding hydrogens is 697 g/mol. The van der Waals surface area contributed by atoms with E-state index in [0.29, 0.717) is 34.0 Å². The SMILES string of the molecule is [2H]c1c([2H])c(N(c2ccccc2)c2ccc(-c3ccccc3)cc2)c([2H])c([2H])c1-c1c2ccccc2cc2oc3cc(-c4ccc(-c5nc6ccccc6o5)cc4)ccc3c12. The third-order valence-electron chi connectivity index (χ3n) is 10.6. The van der Waals surface area contributed by atoms with Gasteiger partial charge in [-0.1, -0.05) is 127 Å². The Kier molecular flexibility index (Phi) is 6.83. The average Bonchev–Trinajstić information content (AvgIpc) is 3.92. The summed E-state index contributed by atoms with van der Waals surface area (Å²) in [5, 5.41) is 3.22. The zero-order chi connectivity index (χ0) is 41.2. The first-order chi connectivity index (χ1) is 29.9. The Morgan fingerprint density at radius 2 is 1.02 bits per heavy atom. The van der Waals surface area contributed by atoms with E-state index in [-0.39, 0.29) is 35.4 Å². The Labute approximate surface area is 335 Å². The minimum absolute atomic E-state index is 0.138. The Balaban J connectivity index is 1.05. The van der Waals surface area contributed by atoms with Gasteiger partial charge in [0.15, 0.2) is 5.58 Å². The van der Waals surface area contributed by atoms with E-state index in [1.54, 1.807) is 0 Å².